The second-order valence-corrected chi connectivity index (χ2v) is 2.93. The summed E-state index contributed by atoms with van der Waals surface area (Å²) in [7, 11) is 1.57. The number of aryl methyl sites for hydroxylation is 1. The van der Waals surface area contributed by atoms with E-state index in [1.54, 1.807) is 19.2 Å². The highest BCUT2D eigenvalue weighted by atomic mass is 16.5. The van der Waals surface area contributed by atoms with Gasteiger partial charge in [0, 0.05) is 0 Å². The summed E-state index contributed by atoms with van der Waals surface area (Å²) < 4.78 is 5.11. The zero-order valence-corrected chi connectivity index (χ0v) is 8.16. The third-order valence-corrected chi connectivity index (χ3v) is 2.01. The maximum atomic E-state index is 8.83. The van der Waals surface area contributed by atoms with Gasteiger partial charge in [-0.25, -0.2) is 0 Å². The summed E-state index contributed by atoms with van der Waals surface area (Å²) in [5.74, 6) is 0.717. The molecular weight excluding hydrogens is 176 g/mol. The molecule has 0 radical (unpaired) electrons. The maximum Gasteiger partial charge on any atom is 0.122 e. The van der Waals surface area contributed by atoms with Gasteiger partial charge in [-0.15, -0.1) is 0 Å². The van der Waals surface area contributed by atoms with Crippen LogP contribution in [0.2, 0.25) is 0 Å². The fourth-order valence-electron chi connectivity index (χ4n) is 1.29. The van der Waals surface area contributed by atoms with Gasteiger partial charge in [0.05, 0.1) is 31.2 Å². The number of hydrogen-bond acceptors (Lipinski definition) is 3. The molecule has 0 amide bonds. The number of nitrogens with zero attached hydrogens (tertiary/aromatic N) is 2. The van der Waals surface area contributed by atoms with Crippen molar-refractivity contribution in [3.8, 4) is 17.9 Å². The standard InChI is InChI=1S/C11H10N2O/c1-8-5-10(7-13)9(3-4-12)6-11(8)14-2/h5-6H,3H2,1-2H3. The molecule has 3 nitrogen and oxygen atoms in total. The highest BCUT2D eigenvalue weighted by Gasteiger charge is 2.06. The van der Waals surface area contributed by atoms with E-state index in [0.717, 1.165) is 11.1 Å². The van der Waals surface area contributed by atoms with Crippen LogP contribution in [0.15, 0.2) is 12.1 Å². The molecule has 70 valence electrons. The Kier molecular flexibility index (Phi) is 3.09. The second kappa shape index (κ2) is 4.30. The lowest BCUT2D eigenvalue weighted by atomic mass is 10.0. The van der Waals surface area contributed by atoms with Crippen LogP contribution >= 0.6 is 0 Å². The van der Waals surface area contributed by atoms with Gasteiger partial charge in [-0.2, -0.15) is 10.5 Å². The molecule has 0 unspecified atom stereocenters. The van der Waals surface area contributed by atoms with Crippen LogP contribution in [0.25, 0.3) is 0 Å². The minimum atomic E-state index is 0.236. The molecule has 0 aromatic heterocycles. The molecule has 1 aromatic carbocycles. The normalized spacial score (nSPS) is 8.86. The van der Waals surface area contributed by atoms with Crippen LogP contribution in [0, 0.1) is 29.6 Å². The number of hydrogen-bond donors (Lipinski definition) is 0. The predicted molar refractivity (Wildman–Crippen MR) is 51.8 cm³/mol. The van der Waals surface area contributed by atoms with Crippen molar-refractivity contribution < 1.29 is 4.74 Å². The van der Waals surface area contributed by atoms with Gasteiger partial charge in [-0.05, 0) is 30.2 Å². The van der Waals surface area contributed by atoms with Crippen molar-refractivity contribution in [1.29, 1.82) is 10.5 Å². The summed E-state index contributed by atoms with van der Waals surface area (Å²) in [4.78, 5) is 0. The van der Waals surface area contributed by atoms with E-state index in [4.69, 9.17) is 15.3 Å². The van der Waals surface area contributed by atoms with Gasteiger partial charge in [-0.1, -0.05) is 0 Å². The molecule has 0 aliphatic heterocycles. The number of benzene rings is 1. The van der Waals surface area contributed by atoms with Crippen LogP contribution in [-0.2, 0) is 6.42 Å². The van der Waals surface area contributed by atoms with Crippen molar-refractivity contribution in [3.63, 3.8) is 0 Å². The minimum absolute atomic E-state index is 0.236. The highest BCUT2D eigenvalue weighted by molar-refractivity contribution is 5.48. The lowest BCUT2D eigenvalue weighted by Crippen LogP contribution is -1.94. The summed E-state index contributed by atoms with van der Waals surface area (Å²) in [5, 5.41) is 17.4. The Morgan fingerprint density at radius 1 is 1.36 bits per heavy atom. The first-order valence-electron chi connectivity index (χ1n) is 4.17. The predicted octanol–water partition coefficient (Wildman–Crippen LogP) is 1.94. The average Bonchev–Trinajstić information content (AvgIpc) is 2.20. The van der Waals surface area contributed by atoms with Crippen LogP contribution in [0.4, 0.5) is 0 Å². The smallest absolute Gasteiger partial charge is 0.122 e. The van der Waals surface area contributed by atoms with E-state index in [0.29, 0.717) is 11.3 Å². The van der Waals surface area contributed by atoms with Gasteiger partial charge < -0.3 is 4.74 Å². The van der Waals surface area contributed by atoms with Gasteiger partial charge in [0.1, 0.15) is 5.75 Å². The van der Waals surface area contributed by atoms with Gasteiger partial charge in [-0.3, -0.25) is 0 Å². The monoisotopic (exact) mass is 186 g/mol. The summed E-state index contributed by atoms with van der Waals surface area (Å²) in [5.41, 5.74) is 2.17. The first-order valence-corrected chi connectivity index (χ1v) is 4.17. The Hall–Kier alpha value is -2.00. The van der Waals surface area contributed by atoms with Gasteiger partial charge >= 0.3 is 0 Å². The number of methoxy groups -OCH3 is 1. The molecule has 0 atom stereocenters. The fourth-order valence-corrected chi connectivity index (χ4v) is 1.29. The average molecular weight is 186 g/mol. The van der Waals surface area contributed by atoms with Crippen LogP contribution in [0.1, 0.15) is 16.7 Å². The Morgan fingerprint density at radius 3 is 2.57 bits per heavy atom. The van der Waals surface area contributed by atoms with E-state index in [-0.39, 0.29) is 6.42 Å². The molecule has 14 heavy (non-hydrogen) atoms. The van der Waals surface area contributed by atoms with Crippen LogP contribution in [-0.4, -0.2) is 7.11 Å². The molecule has 0 fully saturated rings. The van der Waals surface area contributed by atoms with E-state index in [1.165, 1.54) is 0 Å². The van der Waals surface area contributed by atoms with E-state index < -0.39 is 0 Å². The Bertz CT molecular complexity index is 424. The van der Waals surface area contributed by atoms with E-state index in [9.17, 15) is 0 Å². The van der Waals surface area contributed by atoms with E-state index in [1.807, 2.05) is 13.0 Å². The Balaban J connectivity index is 3.28. The van der Waals surface area contributed by atoms with Gasteiger partial charge in [0.25, 0.3) is 0 Å². The largest absolute Gasteiger partial charge is 0.496 e. The van der Waals surface area contributed by atoms with Gasteiger partial charge in [0.15, 0.2) is 0 Å². The Morgan fingerprint density at radius 2 is 2.07 bits per heavy atom. The van der Waals surface area contributed by atoms with Crippen LogP contribution < -0.4 is 4.74 Å². The molecule has 0 saturated carbocycles. The quantitative estimate of drug-likeness (QED) is 0.709. The van der Waals surface area contributed by atoms with Crippen LogP contribution in [0.5, 0.6) is 5.75 Å². The van der Waals surface area contributed by atoms with Crippen molar-refractivity contribution in [2.75, 3.05) is 7.11 Å². The molecule has 0 saturated heterocycles. The topological polar surface area (TPSA) is 56.8 Å². The highest BCUT2D eigenvalue weighted by Crippen LogP contribution is 2.22. The number of rotatable bonds is 2. The lowest BCUT2D eigenvalue weighted by Gasteiger charge is -2.07. The zero-order chi connectivity index (χ0) is 10.6. The molecule has 3 heteroatoms. The Labute approximate surface area is 83.2 Å². The van der Waals surface area contributed by atoms with Gasteiger partial charge in [0.2, 0.25) is 0 Å². The second-order valence-electron chi connectivity index (χ2n) is 2.93. The molecular formula is C11H10N2O. The number of nitriles is 2. The summed E-state index contributed by atoms with van der Waals surface area (Å²) >= 11 is 0. The van der Waals surface area contributed by atoms with Crippen molar-refractivity contribution in [1.82, 2.24) is 0 Å². The zero-order valence-electron chi connectivity index (χ0n) is 8.16. The van der Waals surface area contributed by atoms with E-state index >= 15 is 0 Å². The maximum absolute atomic E-state index is 8.83. The lowest BCUT2D eigenvalue weighted by molar-refractivity contribution is 0.411. The van der Waals surface area contributed by atoms with Crippen molar-refractivity contribution in [3.05, 3.63) is 28.8 Å². The molecule has 0 spiro atoms. The van der Waals surface area contributed by atoms with Crippen molar-refractivity contribution in [2.24, 2.45) is 0 Å². The SMILES string of the molecule is COc1cc(CC#N)c(C#N)cc1C. The summed E-state index contributed by atoms with van der Waals surface area (Å²) in [6, 6.07) is 7.58. The molecule has 0 aliphatic rings. The van der Waals surface area contributed by atoms with E-state index in [2.05, 4.69) is 6.07 Å². The molecule has 1 rings (SSSR count). The third-order valence-electron chi connectivity index (χ3n) is 2.01. The van der Waals surface area contributed by atoms with Crippen LogP contribution in [0.3, 0.4) is 0 Å². The molecule has 0 aliphatic carbocycles. The summed E-state index contributed by atoms with van der Waals surface area (Å²) in [6.07, 6.45) is 0.236. The molecule has 0 N–H and O–H groups in total. The first-order chi connectivity index (χ1) is 6.72. The fraction of sp³-hybridized carbons (Fsp3) is 0.273. The van der Waals surface area contributed by atoms with Crippen molar-refractivity contribution >= 4 is 0 Å². The third kappa shape index (κ3) is 1.84. The first kappa shape index (κ1) is 10.1. The van der Waals surface area contributed by atoms with Crippen molar-refractivity contribution in [2.45, 2.75) is 13.3 Å². The molecule has 0 bridgehead atoms. The minimum Gasteiger partial charge on any atom is -0.496 e. The number of ether oxygens (including phenoxy) is 1. The summed E-state index contributed by atoms with van der Waals surface area (Å²) in [6.45, 7) is 1.87. The molecule has 1 aromatic rings. The molecule has 0 heterocycles.